The van der Waals surface area contributed by atoms with Crippen LogP contribution in [0.2, 0.25) is 5.02 Å². The Kier molecular flexibility index (Phi) is 5.46. The number of halogens is 1. The number of rotatable bonds is 5. The molecule has 4 nitrogen and oxygen atoms in total. The van der Waals surface area contributed by atoms with E-state index in [-0.39, 0.29) is 18.4 Å². The Morgan fingerprint density at radius 2 is 1.95 bits per heavy atom. The minimum atomic E-state index is -3.19. The van der Waals surface area contributed by atoms with E-state index < -0.39 is 14.6 Å². The van der Waals surface area contributed by atoms with Crippen molar-refractivity contribution in [1.29, 1.82) is 0 Å². The molecule has 1 atom stereocenters. The first-order valence-corrected chi connectivity index (χ1v) is 8.48. The van der Waals surface area contributed by atoms with Crippen LogP contribution in [0.4, 0.5) is 0 Å². The fraction of sp³-hybridized carbons (Fsp3) is 0.571. The lowest BCUT2D eigenvalue weighted by Gasteiger charge is -2.20. The first-order chi connectivity index (χ1) is 9.04. The molecule has 1 aromatic carbocycles. The molecule has 20 heavy (non-hydrogen) atoms. The summed E-state index contributed by atoms with van der Waals surface area (Å²) < 4.78 is 28.8. The highest BCUT2D eigenvalue weighted by atomic mass is 35.5. The molecule has 0 heterocycles. The minimum absolute atomic E-state index is 0.0302. The maximum absolute atomic E-state index is 12.0. The van der Waals surface area contributed by atoms with Gasteiger partial charge in [-0.2, -0.15) is 0 Å². The van der Waals surface area contributed by atoms with Crippen molar-refractivity contribution in [2.45, 2.75) is 38.5 Å². The topological polar surface area (TPSA) is 69.4 Å². The lowest BCUT2D eigenvalue weighted by molar-refractivity contribution is 0.334. The molecule has 0 bridgehead atoms. The van der Waals surface area contributed by atoms with Gasteiger partial charge in [0.1, 0.15) is 12.4 Å². The van der Waals surface area contributed by atoms with Crippen LogP contribution in [-0.2, 0) is 9.84 Å². The van der Waals surface area contributed by atoms with Gasteiger partial charge in [-0.15, -0.1) is 0 Å². The molecule has 0 aliphatic carbocycles. The molecule has 0 spiro atoms. The van der Waals surface area contributed by atoms with E-state index in [4.69, 9.17) is 22.1 Å². The summed E-state index contributed by atoms with van der Waals surface area (Å²) in [5, 5.41) is 0.576. The Hall–Kier alpha value is -0.780. The average molecular weight is 320 g/mol. The van der Waals surface area contributed by atoms with Crippen molar-refractivity contribution in [1.82, 2.24) is 0 Å². The van der Waals surface area contributed by atoms with Crippen LogP contribution < -0.4 is 10.5 Å². The maximum atomic E-state index is 12.0. The molecule has 0 radical (unpaired) electrons. The highest BCUT2D eigenvalue weighted by Gasteiger charge is 2.28. The van der Waals surface area contributed by atoms with E-state index in [1.54, 1.807) is 39.0 Å². The van der Waals surface area contributed by atoms with Crippen LogP contribution in [0, 0.1) is 0 Å². The highest BCUT2D eigenvalue weighted by molar-refractivity contribution is 7.92. The van der Waals surface area contributed by atoms with Crippen molar-refractivity contribution in [2.75, 3.05) is 12.4 Å². The number of benzene rings is 1. The van der Waals surface area contributed by atoms with Crippen LogP contribution in [0.5, 0.6) is 5.75 Å². The standard InChI is InChI=1S/C14H22ClNO3S/c1-10(16)12-9-11(15)5-6-13(12)19-7-8-20(17,18)14(2,3)4/h5-6,9-10H,7-8,16H2,1-4H3/t10-/m0/s1. The van der Waals surface area contributed by atoms with Crippen LogP contribution in [0.1, 0.15) is 39.3 Å². The van der Waals surface area contributed by atoms with E-state index in [0.29, 0.717) is 10.8 Å². The molecule has 1 rings (SSSR count). The van der Waals surface area contributed by atoms with E-state index in [1.165, 1.54) is 0 Å². The van der Waals surface area contributed by atoms with Gasteiger partial charge in [-0.1, -0.05) is 11.6 Å². The summed E-state index contributed by atoms with van der Waals surface area (Å²) in [5.41, 5.74) is 6.62. The second kappa shape index (κ2) is 6.33. The van der Waals surface area contributed by atoms with Crippen LogP contribution in [0.15, 0.2) is 18.2 Å². The normalized spacial score (nSPS) is 14.1. The molecular weight excluding hydrogens is 298 g/mol. The molecule has 0 amide bonds. The SMILES string of the molecule is C[C@H](N)c1cc(Cl)ccc1OCCS(=O)(=O)C(C)(C)C. The fourth-order valence-electron chi connectivity index (χ4n) is 1.57. The second-order valence-corrected chi connectivity index (χ2v) is 9.05. The highest BCUT2D eigenvalue weighted by Crippen LogP contribution is 2.27. The van der Waals surface area contributed by atoms with Crippen molar-refractivity contribution >= 4 is 21.4 Å². The molecule has 1 aromatic rings. The van der Waals surface area contributed by atoms with Gasteiger partial charge in [0, 0.05) is 16.6 Å². The van der Waals surface area contributed by atoms with Crippen molar-refractivity contribution in [3.8, 4) is 5.75 Å². The van der Waals surface area contributed by atoms with Gasteiger partial charge in [-0.05, 0) is 45.9 Å². The van der Waals surface area contributed by atoms with Crippen LogP contribution in [0.25, 0.3) is 0 Å². The van der Waals surface area contributed by atoms with Gasteiger partial charge < -0.3 is 10.5 Å². The predicted molar refractivity (Wildman–Crippen MR) is 83.1 cm³/mol. The van der Waals surface area contributed by atoms with Gasteiger partial charge >= 0.3 is 0 Å². The quantitative estimate of drug-likeness (QED) is 0.906. The number of nitrogens with two attached hydrogens (primary N) is 1. The monoisotopic (exact) mass is 319 g/mol. The van der Waals surface area contributed by atoms with E-state index in [0.717, 1.165) is 5.56 Å². The largest absolute Gasteiger partial charge is 0.492 e. The third-order valence-electron chi connectivity index (χ3n) is 3.01. The average Bonchev–Trinajstić information content (AvgIpc) is 2.29. The third-order valence-corrected chi connectivity index (χ3v) is 5.81. The number of ether oxygens (including phenoxy) is 1. The zero-order valence-electron chi connectivity index (χ0n) is 12.3. The van der Waals surface area contributed by atoms with Crippen molar-refractivity contribution < 1.29 is 13.2 Å². The lowest BCUT2D eigenvalue weighted by Crippen LogP contribution is -2.32. The van der Waals surface area contributed by atoms with Crippen molar-refractivity contribution in [3.63, 3.8) is 0 Å². The molecule has 0 saturated carbocycles. The molecule has 0 saturated heterocycles. The molecule has 6 heteroatoms. The molecular formula is C14H22ClNO3S. The van der Waals surface area contributed by atoms with E-state index in [9.17, 15) is 8.42 Å². The van der Waals surface area contributed by atoms with Crippen molar-refractivity contribution in [3.05, 3.63) is 28.8 Å². The molecule has 0 aromatic heterocycles. The van der Waals surface area contributed by atoms with Crippen molar-refractivity contribution in [2.24, 2.45) is 5.73 Å². The predicted octanol–water partition coefficient (Wildman–Crippen LogP) is 2.95. The van der Waals surface area contributed by atoms with Crippen LogP contribution in [0.3, 0.4) is 0 Å². The van der Waals surface area contributed by atoms with Gasteiger partial charge in [-0.3, -0.25) is 0 Å². The lowest BCUT2D eigenvalue weighted by atomic mass is 10.1. The smallest absolute Gasteiger partial charge is 0.158 e. The first kappa shape index (κ1) is 17.3. The molecule has 114 valence electrons. The first-order valence-electron chi connectivity index (χ1n) is 6.45. The summed E-state index contributed by atoms with van der Waals surface area (Å²) in [6.07, 6.45) is 0. The van der Waals surface area contributed by atoms with Gasteiger partial charge in [0.25, 0.3) is 0 Å². The van der Waals surface area contributed by atoms with Crippen LogP contribution >= 0.6 is 11.6 Å². The fourth-order valence-corrected chi connectivity index (χ4v) is 2.67. The Morgan fingerprint density at radius 3 is 2.45 bits per heavy atom. The Morgan fingerprint density at radius 1 is 1.35 bits per heavy atom. The molecule has 2 N–H and O–H groups in total. The van der Waals surface area contributed by atoms with Gasteiger partial charge in [0.15, 0.2) is 9.84 Å². The molecule has 0 unspecified atom stereocenters. The zero-order chi connectivity index (χ0) is 15.6. The third kappa shape index (κ3) is 4.36. The zero-order valence-corrected chi connectivity index (χ0v) is 13.9. The molecule has 0 aliphatic rings. The molecule has 0 aliphatic heterocycles. The van der Waals surface area contributed by atoms with Gasteiger partial charge in [0.2, 0.25) is 0 Å². The maximum Gasteiger partial charge on any atom is 0.158 e. The Balaban J connectivity index is 2.77. The summed E-state index contributed by atoms with van der Waals surface area (Å²) in [4.78, 5) is 0. The number of sulfone groups is 1. The summed E-state index contributed by atoms with van der Waals surface area (Å²) in [7, 11) is -3.19. The van der Waals surface area contributed by atoms with Crippen LogP contribution in [-0.4, -0.2) is 25.5 Å². The Bertz CT molecular complexity index is 562. The number of hydrogen-bond acceptors (Lipinski definition) is 4. The summed E-state index contributed by atoms with van der Waals surface area (Å²) in [6, 6.07) is 4.91. The summed E-state index contributed by atoms with van der Waals surface area (Å²) in [6.45, 7) is 6.96. The van der Waals surface area contributed by atoms with Gasteiger partial charge in [-0.25, -0.2) is 8.42 Å². The molecule has 0 fully saturated rings. The van der Waals surface area contributed by atoms with E-state index in [2.05, 4.69) is 0 Å². The van der Waals surface area contributed by atoms with E-state index in [1.807, 2.05) is 6.92 Å². The van der Waals surface area contributed by atoms with E-state index >= 15 is 0 Å². The second-order valence-electron chi connectivity index (χ2n) is 5.75. The summed E-state index contributed by atoms with van der Waals surface area (Å²) in [5.74, 6) is 0.547. The summed E-state index contributed by atoms with van der Waals surface area (Å²) >= 11 is 5.92. The minimum Gasteiger partial charge on any atom is -0.492 e. The number of hydrogen-bond donors (Lipinski definition) is 1. The Labute approximate surface area is 126 Å². The van der Waals surface area contributed by atoms with Gasteiger partial charge in [0.05, 0.1) is 10.5 Å².